The van der Waals surface area contributed by atoms with Gasteiger partial charge in [0.1, 0.15) is 0 Å². The minimum Gasteiger partial charge on any atom is -0.394 e. The molecule has 2 aliphatic rings. The molecular formula is C15H28N2O3. The summed E-state index contributed by atoms with van der Waals surface area (Å²) in [5, 5.41) is 9.34. The van der Waals surface area contributed by atoms with Gasteiger partial charge in [0, 0.05) is 25.0 Å². The predicted octanol–water partition coefficient (Wildman–Crippen LogP) is 0.748. The zero-order chi connectivity index (χ0) is 14.9. The third-order valence-corrected chi connectivity index (χ3v) is 4.52. The summed E-state index contributed by atoms with van der Waals surface area (Å²) in [5.41, 5.74) is 5.58. The summed E-state index contributed by atoms with van der Waals surface area (Å²) in [4.78, 5) is 14.6. The first kappa shape index (κ1) is 15.7. The predicted molar refractivity (Wildman–Crippen MR) is 77.1 cm³/mol. The van der Waals surface area contributed by atoms with Gasteiger partial charge in [0.15, 0.2) is 0 Å². The number of rotatable bonds is 2. The fraction of sp³-hybridized carbons (Fsp3) is 0.933. The molecule has 5 nitrogen and oxygen atoms in total. The van der Waals surface area contributed by atoms with Crippen molar-refractivity contribution >= 4 is 5.91 Å². The van der Waals surface area contributed by atoms with Gasteiger partial charge >= 0.3 is 0 Å². The molecule has 0 spiro atoms. The van der Waals surface area contributed by atoms with Crippen molar-refractivity contribution in [1.29, 1.82) is 0 Å². The topological polar surface area (TPSA) is 75.8 Å². The van der Waals surface area contributed by atoms with Crippen LogP contribution in [0.3, 0.4) is 0 Å². The van der Waals surface area contributed by atoms with Crippen molar-refractivity contribution in [3.63, 3.8) is 0 Å². The van der Waals surface area contributed by atoms with Crippen molar-refractivity contribution in [3.8, 4) is 0 Å². The molecule has 0 aromatic heterocycles. The first-order valence-corrected chi connectivity index (χ1v) is 7.65. The van der Waals surface area contributed by atoms with E-state index in [2.05, 4.69) is 6.92 Å². The highest BCUT2D eigenvalue weighted by Gasteiger charge is 2.40. The third kappa shape index (κ3) is 3.51. The number of hydrogen-bond donors (Lipinski definition) is 2. The fourth-order valence-electron chi connectivity index (χ4n) is 3.60. The molecule has 3 N–H and O–H groups in total. The van der Waals surface area contributed by atoms with Crippen LogP contribution in [0.25, 0.3) is 0 Å². The Hall–Kier alpha value is -0.650. The second-order valence-electron chi connectivity index (χ2n) is 7.06. The normalized spacial score (nSPS) is 37.8. The van der Waals surface area contributed by atoms with Gasteiger partial charge in [0.25, 0.3) is 0 Å². The van der Waals surface area contributed by atoms with Crippen molar-refractivity contribution in [2.45, 2.75) is 57.8 Å². The van der Waals surface area contributed by atoms with Gasteiger partial charge in [-0.15, -0.1) is 0 Å². The Morgan fingerprint density at radius 1 is 1.45 bits per heavy atom. The van der Waals surface area contributed by atoms with Crippen LogP contribution >= 0.6 is 0 Å². The molecule has 1 heterocycles. The van der Waals surface area contributed by atoms with Crippen molar-refractivity contribution < 1.29 is 14.6 Å². The first-order valence-electron chi connectivity index (χ1n) is 7.65. The summed E-state index contributed by atoms with van der Waals surface area (Å²) in [6, 6.07) is 0.236. The lowest BCUT2D eigenvalue weighted by Crippen LogP contribution is -2.57. The SMILES string of the molecule is CC1CC(N)CCC1C(=O)N1CC(CO)OC(C)(C)C1. The standard InChI is InChI=1S/C15H28N2O3/c1-10-6-11(16)4-5-13(10)14(19)17-7-12(8-18)20-15(2,3)9-17/h10-13,18H,4-9,16H2,1-3H3. The van der Waals surface area contributed by atoms with E-state index in [4.69, 9.17) is 10.5 Å². The lowest BCUT2D eigenvalue weighted by atomic mass is 9.77. The van der Waals surface area contributed by atoms with Crippen molar-refractivity contribution in [3.05, 3.63) is 0 Å². The number of carbonyl (C=O) groups excluding carboxylic acids is 1. The number of nitrogens with zero attached hydrogens (tertiary/aromatic N) is 1. The maximum absolute atomic E-state index is 12.8. The zero-order valence-corrected chi connectivity index (χ0v) is 12.8. The Labute approximate surface area is 121 Å². The number of hydrogen-bond acceptors (Lipinski definition) is 4. The van der Waals surface area contributed by atoms with Gasteiger partial charge < -0.3 is 20.5 Å². The monoisotopic (exact) mass is 284 g/mol. The molecule has 1 aliphatic carbocycles. The fourth-order valence-corrected chi connectivity index (χ4v) is 3.60. The summed E-state index contributed by atoms with van der Waals surface area (Å²) >= 11 is 0. The first-order chi connectivity index (χ1) is 9.32. The van der Waals surface area contributed by atoms with Crippen LogP contribution in [0.5, 0.6) is 0 Å². The quantitative estimate of drug-likeness (QED) is 0.784. The smallest absolute Gasteiger partial charge is 0.226 e. The van der Waals surface area contributed by atoms with E-state index in [1.54, 1.807) is 0 Å². The number of nitrogens with two attached hydrogens (primary N) is 1. The van der Waals surface area contributed by atoms with Gasteiger partial charge in [0.05, 0.1) is 18.3 Å². The minimum absolute atomic E-state index is 0.0433. The van der Waals surface area contributed by atoms with Crippen LogP contribution in [0.15, 0.2) is 0 Å². The number of morpholine rings is 1. The van der Waals surface area contributed by atoms with Crippen molar-refractivity contribution in [2.24, 2.45) is 17.6 Å². The average molecular weight is 284 g/mol. The Balaban J connectivity index is 2.04. The van der Waals surface area contributed by atoms with E-state index < -0.39 is 5.60 Å². The number of amides is 1. The lowest BCUT2D eigenvalue weighted by Gasteiger charge is -2.44. The molecule has 5 heteroatoms. The Morgan fingerprint density at radius 3 is 2.75 bits per heavy atom. The highest BCUT2D eigenvalue weighted by atomic mass is 16.5. The molecule has 1 aliphatic heterocycles. The van der Waals surface area contributed by atoms with Crippen LogP contribution in [0.2, 0.25) is 0 Å². The minimum atomic E-state index is -0.393. The largest absolute Gasteiger partial charge is 0.394 e. The molecule has 4 atom stereocenters. The van der Waals surface area contributed by atoms with Crippen LogP contribution in [0.4, 0.5) is 0 Å². The van der Waals surface area contributed by atoms with E-state index in [1.165, 1.54) is 0 Å². The molecule has 2 fully saturated rings. The van der Waals surface area contributed by atoms with E-state index in [9.17, 15) is 9.90 Å². The van der Waals surface area contributed by atoms with E-state index in [0.717, 1.165) is 19.3 Å². The number of aliphatic hydroxyl groups is 1. The van der Waals surface area contributed by atoms with Crippen LogP contribution in [-0.4, -0.2) is 53.4 Å². The molecule has 4 unspecified atom stereocenters. The van der Waals surface area contributed by atoms with E-state index >= 15 is 0 Å². The van der Waals surface area contributed by atoms with Crippen LogP contribution in [0.1, 0.15) is 40.0 Å². The van der Waals surface area contributed by atoms with Gasteiger partial charge in [-0.05, 0) is 39.0 Å². The maximum atomic E-state index is 12.8. The Bertz CT molecular complexity index is 359. The number of aliphatic hydroxyl groups excluding tert-OH is 1. The molecule has 1 amide bonds. The molecule has 0 aromatic rings. The molecule has 20 heavy (non-hydrogen) atoms. The summed E-state index contributed by atoms with van der Waals surface area (Å²) in [5.74, 6) is 0.618. The molecule has 116 valence electrons. The summed E-state index contributed by atoms with van der Waals surface area (Å²) in [6.07, 6.45) is 2.46. The average Bonchev–Trinajstić information content (AvgIpc) is 2.36. The van der Waals surface area contributed by atoms with Gasteiger partial charge in [-0.3, -0.25) is 4.79 Å². The molecular weight excluding hydrogens is 256 g/mol. The maximum Gasteiger partial charge on any atom is 0.226 e. The van der Waals surface area contributed by atoms with Crippen LogP contribution < -0.4 is 5.73 Å². The van der Waals surface area contributed by atoms with Crippen molar-refractivity contribution in [2.75, 3.05) is 19.7 Å². The van der Waals surface area contributed by atoms with Crippen LogP contribution in [-0.2, 0) is 9.53 Å². The van der Waals surface area contributed by atoms with Crippen LogP contribution in [0, 0.1) is 11.8 Å². The third-order valence-electron chi connectivity index (χ3n) is 4.52. The molecule has 2 rings (SSSR count). The van der Waals surface area contributed by atoms with Gasteiger partial charge in [-0.1, -0.05) is 6.92 Å². The zero-order valence-electron chi connectivity index (χ0n) is 12.8. The number of carbonyl (C=O) groups is 1. The second kappa shape index (κ2) is 6.00. The van der Waals surface area contributed by atoms with E-state index in [0.29, 0.717) is 19.0 Å². The highest BCUT2D eigenvalue weighted by molar-refractivity contribution is 5.79. The van der Waals surface area contributed by atoms with Gasteiger partial charge in [-0.2, -0.15) is 0 Å². The highest BCUT2D eigenvalue weighted by Crippen LogP contribution is 2.32. The van der Waals surface area contributed by atoms with E-state index in [1.807, 2.05) is 18.7 Å². The summed E-state index contributed by atoms with van der Waals surface area (Å²) < 4.78 is 5.77. The molecule has 1 saturated carbocycles. The molecule has 0 radical (unpaired) electrons. The Kier molecular flexibility index (Phi) is 4.72. The van der Waals surface area contributed by atoms with Gasteiger partial charge in [-0.25, -0.2) is 0 Å². The molecule has 0 bridgehead atoms. The van der Waals surface area contributed by atoms with E-state index in [-0.39, 0.29) is 30.6 Å². The second-order valence-corrected chi connectivity index (χ2v) is 7.06. The molecule has 1 saturated heterocycles. The Morgan fingerprint density at radius 2 is 2.15 bits per heavy atom. The summed E-state index contributed by atoms with van der Waals surface area (Å²) in [7, 11) is 0. The van der Waals surface area contributed by atoms with Crippen molar-refractivity contribution in [1.82, 2.24) is 4.90 Å². The number of ether oxygens (including phenoxy) is 1. The lowest BCUT2D eigenvalue weighted by molar-refractivity contribution is -0.171. The molecule has 0 aromatic carbocycles. The summed E-state index contributed by atoms with van der Waals surface area (Å²) in [6.45, 7) is 7.10. The van der Waals surface area contributed by atoms with Gasteiger partial charge in [0.2, 0.25) is 5.91 Å².